The Morgan fingerprint density at radius 3 is 2.82 bits per heavy atom. The van der Waals surface area contributed by atoms with Crippen LogP contribution in [0.4, 0.5) is 0 Å². The number of carbonyl (C=O) groups is 1. The number of nitrogens with zero attached hydrogens (tertiary/aromatic N) is 4. The lowest BCUT2D eigenvalue weighted by atomic mass is 10.0. The van der Waals surface area contributed by atoms with Crippen LogP contribution in [0.2, 0.25) is 0 Å². The summed E-state index contributed by atoms with van der Waals surface area (Å²) in [7, 11) is 0. The van der Waals surface area contributed by atoms with Gasteiger partial charge in [-0.05, 0) is 36.6 Å². The average molecular weight is 240 g/mol. The molecule has 1 aromatic heterocycles. The van der Waals surface area contributed by atoms with Crippen LogP contribution in [-0.2, 0) is 15.1 Å². The molecule has 1 aliphatic heterocycles. The number of carboxylic acid groups (broad SMARTS) is 1. The van der Waals surface area contributed by atoms with E-state index in [0.717, 1.165) is 6.42 Å². The van der Waals surface area contributed by atoms with E-state index in [1.807, 2.05) is 6.92 Å². The van der Waals surface area contributed by atoms with E-state index in [-0.39, 0.29) is 6.10 Å². The highest BCUT2D eigenvalue weighted by Gasteiger charge is 2.38. The van der Waals surface area contributed by atoms with Gasteiger partial charge in [0.05, 0.1) is 0 Å². The normalized spacial score (nSPS) is 25.1. The lowest BCUT2D eigenvalue weighted by Gasteiger charge is -2.23. The largest absolute Gasteiger partial charge is 0.479 e. The molecule has 0 aromatic carbocycles. The summed E-state index contributed by atoms with van der Waals surface area (Å²) in [6.07, 6.45) is 0.717. The first kappa shape index (κ1) is 12.0. The molecule has 1 aromatic rings. The molecule has 0 radical (unpaired) electrons. The Balaban J connectivity index is 2.38. The summed E-state index contributed by atoms with van der Waals surface area (Å²) >= 11 is 0. The molecule has 7 nitrogen and oxygen atoms in total. The van der Waals surface area contributed by atoms with Crippen molar-refractivity contribution in [1.82, 2.24) is 20.2 Å². The Morgan fingerprint density at radius 2 is 2.29 bits per heavy atom. The predicted molar refractivity (Wildman–Crippen MR) is 57.2 cm³/mol. The van der Waals surface area contributed by atoms with Crippen LogP contribution in [0.5, 0.6) is 0 Å². The number of aromatic nitrogens is 4. The molecule has 2 atom stereocenters. The first-order valence-electron chi connectivity index (χ1n) is 5.58. The maximum absolute atomic E-state index is 11.2. The summed E-state index contributed by atoms with van der Waals surface area (Å²) in [6.45, 7) is 5.83. The van der Waals surface area contributed by atoms with Crippen molar-refractivity contribution in [2.45, 2.75) is 38.8 Å². The molecule has 1 N–H and O–H groups in total. The van der Waals surface area contributed by atoms with Gasteiger partial charge in [-0.1, -0.05) is 6.92 Å². The van der Waals surface area contributed by atoms with Crippen LogP contribution >= 0.6 is 0 Å². The van der Waals surface area contributed by atoms with Gasteiger partial charge in [0.15, 0.2) is 11.4 Å². The third-order valence-corrected chi connectivity index (χ3v) is 3.19. The van der Waals surface area contributed by atoms with Crippen LogP contribution in [0.1, 0.15) is 39.1 Å². The molecular formula is C10H16N4O3. The van der Waals surface area contributed by atoms with Gasteiger partial charge in [-0.3, -0.25) is 0 Å². The summed E-state index contributed by atoms with van der Waals surface area (Å²) in [4.78, 5) is 11.2. The minimum atomic E-state index is -1.18. The number of ether oxygens (including phenoxy) is 1. The van der Waals surface area contributed by atoms with Crippen molar-refractivity contribution in [2.75, 3.05) is 6.61 Å². The van der Waals surface area contributed by atoms with Gasteiger partial charge in [0, 0.05) is 6.61 Å². The maximum Gasteiger partial charge on any atom is 0.331 e. The monoisotopic (exact) mass is 240 g/mol. The predicted octanol–water partition coefficient (Wildman–Crippen LogP) is 0.590. The van der Waals surface area contributed by atoms with Gasteiger partial charge in [0.1, 0.15) is 6.10 Å². The highest BCUT2D eigenvalue weighted by molar-refractivity contribution is 5.75. The van der Waals surface area contributed by atoms with E-state index in [1.165, 1.54) is 4.68 Å². The van der Waals surface area contributed by atoms with Gasteiger partial charge in [0.25, 0.3) is 0 Å². The van der Waals surface area contributed by atoms with Crippen LogP contribution in [0.15, 0.2) is 0 Å². The minimum absolute atomic E-state index is 0.219. The second-order valence-electron chi connectivity index (χ2n) is 4.87. The average Bonchev–Trinajstić information content (AvgIpc) is 2.84. The Kier molecular flexibility index (Phi) is 2.86. The van der Waals surface area contributed by atoms with Gasteiger partial charge in [-0.25, -0.2) is 9.48 Å². The lowest BCUT2D eigenvalue weighted by molar-refractivity contribution is -0.146. The zero-order chi connectivity index (χ0) is 12.6. The van der Waals surface area contributed by atoms with Crippen LogP contribution < -0.4 is 0 Å². The molecular weight excluding hydrogens is 224 g/mol. The van der Waals surface area contributed by atoms with Crippen molar-refractivity contribution in [3.8, 4) is 0 Å². The summed E-state index contributed by atoms with van der Waals surface area (Å²) in [6, 6.07) is 0. The maximum atomic E-state index is 11.2. The van der Waals surface area contributed by atoms with Crippen LogP contribution in [0.25, 0.3) is 0 Å². The Hall–Kier alpha value is -1.50. The van der Waals surface area contributed by atoms with E-state index >= 15 is 0 Å². The summed E-state index contributed by atoms with van der Waals surface area (Å²) in [5, 5.41) is 20.5. The van der Waals surface area contributed by atoms with E-state index in [4.69, 9.17) is 4.74 Å². The van der Waals surface area contributed by atoms with E-state index in [1.54, 1.807) is 13.8 Å². The van der Waals surface area contributed by atoms with Gasteiger partial charge < -0.3 is 9.84 Å². The van der Waals surface area contributed by atoms with Gasteiger partial charge in [-0.15, -0.1) is 5.10 Å². The summed E-state index contributed by atoms with van der Waals surface area (Å²) < 4.78 is 6.90. The first-order valence-corrected chi connectivity index (χ1v) is 5.58. The topological polar surface area (TPSA) is 90.1 Å². The molecule has 0 amide bonds. The zero-order valence-corrected chi connectivity index (χ0v) is 10.1. The van der Waals surface area contributed by atoms with Crippen LogP contribution in [0, 0.1) is 5.92 Å². The fourth-order valence-electron chi connectivity index (χ4n) is 1.89. The van der Waals surface area contributed by atoms with E-state index < -0.39 is 11.5 Å². The molecule has 1 aliphatic rings. The molecule has 2 rings (SSSR count). The molecule has 94 valence electrons. The number of rotatable bonds is 3. The van der Waals surface area contributed by atoms with Crippen molar-refractivity contribution in [2.24, 2.45) is 5.92 Å². The van der Waals surface area contributed by atoms with Gasteiger partial charge in [-0.2, -0.15) is 0 Å². The standard InChI is InChI=1S/C10H16N4O3/c1-6-4-5-17-7(6)8-11-12-13-14(8)10(2,3)9(15)16/h6-7H,4-5H2,1-3H3,(H,15,16). The smallest absolute Gasteiger partial charge is 0.331 e. The van der Waals surface area contributed by atoms with Gasteiger partial charge in [0.2, 0.25) is 0 Å². The van der Waals surface area contributed by atoms with Crippen LogP contribution in [0.3, 0.4) is 0 Å². The highest BCUT2D eigenvalue weighted by atomic mass is 16.5. The molecule has 1 saturated heterocycles. The second-order valence-corrected chi connectivity index (χ2v) is 4.87. The quantitative estimate of drug-likeness (QED) is 0.831. The number of hydrogen-bond donors (Lipinski definition) is 1. The number of aliphatic carboxylic acids is 1. The van der Waals surface area contributed by atoms with E-state index in [2.05, 4.69) is 15.5 Å². The van der Waals surface area contributed by atoms with Crippen molar-refractivity contribution < 1.29 is 14.6 Å². The molecule has 17 heavy (non-hydrogen) atoms. The van der Waals surface area contributed by atoms with Gasteiger partial charge >= 0.3 is 5.97 Å². The lowest BCUT2D eigenvalue weighted by Crippen LogP contribution is -2.38. The molecule has 2 heterocycles. The van der Waals surface area contributed by atoms with E-state index in [0.29, 0.717) is 18.3 Å². The van der Waals surface area contributed by atoms with Crippen molar-refractivity contribution in [1.29, 1.82) is 0 Å². The summed E-state index contributed by atoms with van der Waals surface area (Å²) in [5.41, 5.74) is -1.18. The molecule has 2 unspecified atom stereocenters. The highest BCUT2D eigenvalue weighted by Crippen LogP contribution is 2.34. The van der Waals surface area contributed by atoms with Crippen molar-refractivity contribution in [3.63, 3.8) is 0 Å². The first-order chi connectivity index (χ1) is 7.94. The molecule has 0 aliphatic carbocycles. The van der Waals surface area contributed by atoms with Crippen molar-refractivity contribution in [3.05, 3.63) is 5.82 Å². The molecule has 1 fully saturated rings. The third kappa shape index (κ3) is 1.90. The molecule has 0 saturated carbocycles. The fraction of sp³-hybridized carbons (Fsp3) is 0.800. The zero-order valence-electron chi connectivity index (χ0n) is 10.1. The Labute approximate surface area is 98.8 Å². The summed E-state index contributed by atoms with van der Waals surface area (Å²) in [5.74, 6) is -0.191. The van der Waals surface area contributed by atoms with Crippen molar-refractivity contribution >= 4 is 5.97 Å². The Bertz CT molecular complexity index is 429. The number of hydrogen-bond acceptors (Lipinski definition) is 5. The third-order valence-electron chi connectivity index (χ3n) is 3.19. The van der Waals surface area contributed by atoms with E-state index in [9.17, 15) is 9.90 Å². The minimum Gasteiger partial charge on any atom is -0.479 e. The molecule has 0 spiro atoms. The molecule has 7 heteroatoms. The Morgan fingerprint density at radius 1 is 1.59 bits per heavy atom. The number of carboxylic acids is 1. The number of tetrazole rings is 1. The van der Waals surface area contributed by atoms with Crippen LogP contribution in [-0.4, -0.2) is 37.9 Å². The SMILES string of the molecule is CC1CCOC1c1nnnn1C(C)(C)C(=O)O. The fourth-order valence-corrected chi connectivity index (χ4v) is 1.89. The molecule has 0 bridgehead atoms. The second kappa shape index (κ2) is 4.06.